The lowest BCUT2D eigenvalue weighted by Crippen LogP contribution is -2.46. The minimum absolute atomic E-state index is 0.0264. The third-order valence-corrected chi connectivity index (χ3v) is 3.76. The van der Waals surface area contributed by atoms with Gasteiger partial charge in [-0.25, -0.2) is 0 Å². The molecule has 0 aliphatic carbocycles. The number of rotatable bonds is 4. The van der Waals surface area contributed by atoms with E-state index < -0.39 is 12.0 Å². The first kappa shape index (κ1) is 14.0. The highest BCUT2D eigenvalue weighted by molar-refractivity contribution is 5.72. The average Bonchev–Trinajstić information content (AvgIpc) is 2.46. The van der Waals surface area contributed by atoms with Gasteiger partial charge in [0.25, 0.3) is 0 Å². The molecule has 0 radical (unpaired) electrons. The van der Waals surface area contributed by atoms with Gasteiger partial charge in [0.1, 0.15) is 6.04 Å². The summed E-state index contributed by atoms with van der Waals surface area (Å²) in [5.41, 5.74) is 2.43. The molecule has 0 spiro atoms. The third kappa shape index (κ3) is 3.33. The molecule has 4 nitrogen and oxygen atoms in total. The van der Waals surface area contributed by atoms with Gasteiger partial charge >= 0.3 is 5.97 Å². The first-order valence-corrected chi connectivity index (χ1v) is 6.79. The maximum Gasteiger partial charge on any atom is 0.320 e. The second-order valence-electron chi connectivity index (χ2n) is 4.96. The average molecular weight is 263 g/mol. The van der Waals surface area contributed by atoms with E-state index in [4.69, 9.17) is 9.84 Å². The fraction of sp³-hybridized carbons (Fsp3) is 0.533. The Morgan fingerprint density at radius 2 is 2.16 bits per heavy atom. The molecule has 0 aromatic heterocycles. The van der Waals surface area contributed by atoms with Gasteiger partial charge < -0.3 is 9.84 Å². The van der Waals surface area contributed by atoms with Gasteiger partial charge in [-0.15, -0.1) is 0 Å². The topological polar surface area (TPSA) is 49.8 Å². The largest absolute Gasteiger partial charge is 0.480 e. The molecule has 1 heterocycles. The zero-order valence-electron chi connectivity index (χ0n) is 11.5. The van der Waals surface area contributed by atoms with Crippen LogP contribution in [0.5, 0.6) is 0 Å². The van der Waals surface area contributed by atoms with Crippen LogP contribution in [0, 0.1) is 0 Å². The molecule has 0 amide bonds. The van der Waals surface area contributed by atoms with E-state index in [0.29, 0.717) is 19.7 Å². The van der Waals surface area contributed by atoms with Crippen molar-refractivity contribution in [1.29, 1.82) is 0 Å². The summed E-state index contributed by atoms with van der Waals surface area (Å²) in [5, 5.41) is 9.08. The molecular formula is C15H21NO3. The van der Waals surface area contributed by atoms with Crippen molar-refractivity contribution in [2.75, 3.05) is 19.7 Å². The molecule has 2 rings (SSSR count). The predicted octanol–water partition coefficient (Wildman–Crippen LogP) is 2.10. The summed E-state index contributed by atoms with van der Waals surface area (Å²) in [6.45, 7) is 5.75. The molecule has 0 saturated carbocycles. The number of nitrogens with zero attached hydrogens (tertiary/aromatic N) is 1. The van der Waals surface area contributed by atoms with Crippen molar-refractivity contribution in [2.45, 2.75) is 32.4 Å². The maximum absolute atomic E-state index is 11.0. The van der Waals surface area contributed by atoms with E-state index in [1.54, 1.807) is 6.92 Å². The van der Waals surface area contributed by atoms with E-state index in [2.05, 4.69) is 31.2 Å². The predicted molar refractivity (Wildman–Crippen MR) is 73.2 cm³/mol. The molecule has 2 unspecified atom stereocenters. The molecule has 1 aromatic rings. The highest BCUT2D eigenvalue weighted by atomic mass is 16.5. The number of carboxylic acid groups (broad SMARTS) is 1. The van der Waals surface area contributed by atoms with E-state index in [1.165, 1.54) is 5.56 Å². The number of carbonyl (C=O) groups is 1. The van der Waals surface area contributed by atoms with Gasteiger partial charge in [0, 0.05) is 13.1 Å². The Morgan fingerprint density at radius 3 is 2.74 bits per heavy atom. The van der Waals surface area contributed by atoms with Crippen molar-refractivity contribution in [3.05, 3.63) is 35.4 Å². The van der Waals surface area contributed by atoms with Crippen LogP contribution >= 0.6 is 0 Å². The SMILES string of the molecule is CCc1ccc(C2CN(C(C)C(=O)O)CCO2)cc1. The summed E-state index contributed by atoms with van der Waals surface area (Å²) >= 11 is 0. The smallest absolute Gasteiger partial charge is 0.320 e. The number of aliphatic carboxylic acids is 1. The van der Waals surface area contributed by atoms with Crippen LogP contribution in [0.2, 0.25) is 0 Å². The molecule has 104 valence electrons. The lowest BCUT2D eigenvalue weighted by Gasteiger charge is -2.35. The summed E-state index contributed by atoms with van der Waals surface area (Å²) in [5.74, 6) is -0.776. The molecule has 4 heteroatoms. The van der Waals surface area contributed by atoms with Gasteiger partial charge in [-0.1, -0.05) is 31.2 Å². The highest BCUT2D eigenvalue weighted by Gasteiger charge is 2.28. The molecule has 0 bridgehead atoms. The summed E-state index contributed by atoms with van der Waals surface area (Å²) in [4.78, 5) is 13.0. The summed E-state index contributed by atoms with van der Waals surface area (Å²) in [6, 6.07) is 7.93. The van der Waals surface area contributed by atoms with Gasteiger partial charge in [-0.05, 0) is 24.5 Å². The molecular weight excluding hydrogens is 242 g/mol. The van der Waals surface area contributed by atoms with Crippen LogP contribution in [0.15, 0.2) is 24.3 Å². The van der Waals surface area contributed by atoms with Crippen LogP contribution in [0.4, 0.5) is 0 Å². The number of ether oxygens (including phenoxy) is 1. The second kappa shape index (κ2) is 6.17. The van der Waals surface area contributed by atoms with Crippen molar-refractivity contribution in [3.63, 3.8) is 0 Å². The Hall–Kier alpha value is -1.39. The standard InChI is InChI=1S/C15H21NO3/c1-3-12-4-6-13(7-5-12)14-10-16(8-9-19-14)11(2)15(17)18/h4-7,11,14H,3,8-10H2,1-2H3,(H,17,18). The molecule has 1 fully saturated rings. The van der Waals surface area contributed by atoms with Crippen molar-refractivity contribution < 1.29 is 14.6 Å². The molecule has 19 heavy (non-hydrogen) atoms. The van der Waals surface area contributed by atoms with Crippen LogP contribution in [-0.2, 0) is 16.0 Å². The lowest BCUT2D eigenvalue weighted by atomic mass is 10.0. The molecule has 1 aliphatic rings. The minimum Gasteiger partial charge on any atom is -0.480 e. The lowest BCUT2D eigenvalue weighted by molar-refractivity contribution is -0.145. The van der Waals surface area contributed by atoms with Crippen molar-refractivity contribution >= 4 is 5.97 Å². The van der Waals surface area contributed by atoms with Crippen molar-refractivity contribution in [1.82, 2.24) is 4.90 Å². The zero-order chi connectivity index (χ0) is 13.8. The monoisotopic (exact) mass is 263 g/mol. The zero-order valence-corrected chi connectivity index (χ0v) is 11.5. The van der Waals surface area contributed by atoms with E-state index in [0.717, 1.165) is 12.0 Å². The molecule has 1 saturated heterocycles. The molecule has 1 N–H and O–H groups in total. The van der Waals surface area contributed by atoms with E-state index in [1.807, 2.05) is 4.90 Å². The Kier molecular flexibility index (Phi) is 4.56. The van der Waals surface area contributed by atoms with Gasteiger partial charge in [-0.3, -0.25) is 9.69 Å². The first-order chi connectivity index (χ1) is 9.11. The van der Waals surface area contributed by atoms with Gasteiger partial charge in [0.2, 0.25) is 0 Å². The minimum atomic E-state index is -0.776. The Balaban J connectivity index is 2.05. The summed E-state index contributed by atoms with van der Waals surface area (Å²) in [6.07, 6.45) is 0.995. The fourth-order valence-corrected chi connectivity index (χ4v) is 2.35. The van der Waals surface area contributed by atoms with E-state index >= 15 is 0 Å². The van der Waals surface area contributed by atoms with E-state index in [-0.39, 0.29) is 6.10 Å². The Morgan fingerprint density at radius 1 is 1.47 bits per heavy atom. The van der Waals surface area contributed by atoms with Gasteiger partial charge in [-0.2, -0.15) is 0 Å². The summed E-state index contributed by atoms with van der Waals surface area (Å²) in [7, 11) is 0. The van der Waals surface area contributed by atoms with Crippen LogP contribution in [0.25, 0.3) is 0 Å². The number of benzene rings is 1. The van der Waals surface area contributed by atoms with Crippen molar-refractivity contribution in [2.24, 2.45) is 0 Å². The number of hydrogen-bond acceptors (Lipinski definition) is 3. The third-order valence-electron chi connectivity index (χ3n) is 3.76. The first-order valence-electron chi connectivity index (χ1n) is 6.79. The summed E-state index contributed by atoms with van der Waals surface area (Å²) < 4.78 is 5.76. The number of morpholine rings is 1. The molecule has 1 aliphatic heterocycles. The Bertz CT molecular complexity index is 430. The van der Waals surface area contributed by atoms with Crippen LogP contribution in [0.3, 0.4) is 0 Å². The second-order valence-corrected chi connectivity index (χ2v) is 4.96. The van der Waals surface area contributed by atoms with Crippen LogP contribution in [0.1, 0.15) is 31.1 Å². The normalized spacial score (nSPS) is 22.1. The van der Waals surface area contributed by atoms with E-state index in [9.17, 15) is 4.79 Å². The van der Waals surface area contributed by atoms with Crippen LogP contribution in [-0.4, -0.2) is 41.7 Å². The maximum atomic E-state index is 11.0. The van der Waals surface area contributed by atoms with Gasteiger partial charge in [0.15, 0.2) is 0 Å². The molecule has 1 aromatic carbocycles. The van der Waals surface area contributed by atoms with Gasteiger partial charge in [0.05, 0.1) is 12.7 Å². The molecule has 2 atom stereocenters. The fourth-order valence-electron chi connectivity index (χ4n) is 2.35. The Labute approximate surface area is 114 Å². The highest BCUT2D eigenvalue weighted by Crippen LogP contribution is 2.23. The quantitative estimate of drug-likeness (QED) is 0.903. The number of aryl methyl sites for hydroxylation is 1. The van der Waals surface area contributed by atoms with Crippen LogP contribution < -0.4 is 0 Å². The number of hydrogen-bond donors (Lipinski definition) is 1. The number of carboxylic acids is 1. The van der Waals surface area contributed by atoms with Crippen molar-refractivity contribution in [3.8, 4) is 0 Å².